The standard InChI is InChI=1S/C22H15FN4O3/c23-14-6-8-16(9-7-14)27-12-18(19(28)17-5-2-10-25-21(17)27)22(30)26-15-4-1-3-13(11-15)20(24)29/h1-12H,(H2,24,29)(H,26,30). The van der Waals surface area contributed by atoms with Crippen LogP contribution in [0.2, 0.25) is 0 Å². The van der Waals surface area contributed by atoms with Gasteiger partial charge < -0.3 is 15.6 Å². The summed E-state index contributed by atoms with van der Waals surface area (Å²) in [7, 11) is 0. The van der Waals surface area contributed by atoms with E-state index in [2.05, 4.69) is 10.3 Å². The van der Waals surface area contributed by atoms with Crippen LogP contribution >= 0.6 is 0 Å². The number of primary amides is 1. The van der Waals surface area contributed by atoms with Gasteiger partial charge in [0.2, 0.25) is 11.3 Å². The lowest BCUT2D eigenvalue weighted by atomic mass is 10.1. The number of rotatable bonds is 4. The highest BCUT2D eigenvalue weighted by molar-refractivity contribution is 6.06. The Hall–Kier alpha value is -4.33. The third-order valence-electron chi connectivity index (χ3n) is 4.52. The molecule has 148 valence electrons. The van der Waals surface area contributed by atoms with Crippen molar-refractivity contribution in [3.8, 4) is 5.69 Å². The summed E-state index contributed by atoms with van der Waals surface area (Å²) in [6, 6.07) is 14.8. The molecule has 0 radical (unpaired) electrons. The predicted octanol–water partition coefficient (Wildman–Crippen LogP) is 2.88. The van der Waals surface area contributed by atoms with E-state index < -0.39 is 23.1 Å². The minimum Gasteiger partial charge on any atom is -0.366 e. The van der Waals surface area contributed by atoms with Crippen LogP contribution in [-0.2, 0) is 0 Å². The van der Waals surface area contributed by atoms with E-state index >= 15 is 0 Å². The maximum absolute atomic E-state index is 13.3. The highest BCUT2D eigenvalue weighted by Crippen LogP contribution is 2.18. The van der Waals surface area contributed by atoms with Crippen LogP contribution in [0.25, 0.3) is 16.7 Å². The smallest absolute Gasteiger partial charge is 0.261 e. The molecule has 2 aromatic heterocycles. The van der Waals surface area contributed by atoms with Crippen LogP contribution < -0.4 is 16.5 Å². The molecule has 0 bridgehead atoms. The number of nitrogens with one attached hydrogen (secondary N) is 1. The van der Waals surface area contributed by atoms with Crippen LogP contribution in [0.5, 0.6) is 0 Å². The third kappa shape index (κ3) is 3.53. The van der Waals surface area contributed by atoms with Gasteiger partial charge in [0.25, 0.3) is 5.91 Å². The van der Waals surface area contributed by atoms with Crippen molar-refractivity contribution in [2.75, 3.05) is 5.32 Å². The second kappa shape index (κ2) is 7.59. The molecule has 2 aromatic carbocycles. The average Bonchev–Trinajstić information content (AvgIpc) is 2.75. The monoisotopic (exact) mass is 402 g/mol. The molecule has 0 saturated heterocycles. The van der Waals surface area contributed by atoms with Gasteiger partial charge in [0, 0.05) is 29.3 Å². The van der Waals surface area contributed by atoms with E-state index in [4.69, 9.17) is 5.73 Å². The van der Waals surface area contributed by atoms with Crippen molar-refractivity contribution in [2.45, 2.75) is 0 Å². The van der Waals surface area contributed by atoms with E-state index in [1.807, 2.05) is 0 Å². The molecule has 0 unspecified atom stereocenters. The number of aromatic nitrogens is 2. The number of halogens is 1. The first-order valence-electron chi connectivity index (χ1n) is 8.91. The Balaban J connectivity index is 1.83. The molecule has 0 spiro atoms. The fraction of sp³-hybridized carbons (Fsp3) is 0. The lowest BCUT2D eigenvalue weighted by Gasteiger charge is -2.13. The topological polar surface area (TPSA) is 107 Å². The highest BCUT2D eigenvalue weighted by Gasteiger charge is 2.17. The van der Waals surface area contributed by atoms with Crippen LogP contribution in [0.15, 0.2) is 77.9 Å². The molecule has 4 aromatic rings. The van der Waals surface area contributed by atoms with Crippen molar-refractivity contribution < 1.29 is 14.0 Å². The molecule has 0 fully saturated rings. The first-order valence-corrected chi connectivity index (χ1v) is 8.91. The second-order valence-electron chi connectivity index (χ2n) is 6.49. The molecule has 8 heteroatoms. The Morgan fingerprint density at radius 1 is 1.03 bits per heavy atom. The Morgan fingerprint density at radius 3 is 2.53 bits per heavy atom. The van der Waals surface area contributed by atoms with Crippen molar-refractivity contribution in [2.24, 2.45) is 5.73 Å². The molecule has 30 heavy (non-hydrogen) atoms. The first kappa shape index (κ1) is 19.0. The molecule has 0 aliphatic heterocycles. The van der Waals surface area contributed by atoms with Crippen molar-refractivity contribution in [1.29, 1.82) is 0 Å². The van der Waals surface area contributed by atoms with Crippen LogP contribution in [0.3, 0.4) is 0 Å². The van der Waals surface area contributed by atoms with Gasteiger partial charge in [-0.05, 0) is 54.6 Å². The van der Waals surface area contributed by atoms with Crippen LogP contribution in [0, 0.1) is 5.82 Å². The lowest BCUT2D eigenvalue weighted by Crippen LogP contribution is -2.24. The first-order chi connectivity index (χ1) is 14.4. The Labute approximate surface area is 169 Å². The normalized spacial score (nSPS) is 10.7. The molecule has 0 atom stereocenters. The Morgan fingerprint density at radius 2 is 1.80 bits per heavy atom. The van der Waals surface area contributed by atoms with Crippen molar-refractivity contribution in [3.05, 3.63) is 100 Å². The molecule has 2 heterocycles. The zero-order valence-electron chi connectivity index (χ0n) is 15.5. The number of anilines is 1. The van der Waals surface area contributed by atoms with Gasteiger partial charge in [0.15, 0.2) is 0 Å². The number of hydrogen-bond donors (Lipinski definition) is 2. The van der Waals surface area contributed by atoms with Gasteiger partial charge >= 0.3 is 0 Å². The summed E-state index contributed by atoms with van der Waals surface area (Å²) in [5.74, 6) is -1.71. The molecular formula is C22H15FN4O3. The maximum atomic E-state index is 13.3. The van der Waals surface area contributed by atoms with Gasteiger partial charge in [-0.3, -0.25) is 14.4 Å². The van der Waals surface area contributed by atoms with Gasteiger partial charge in [0.1, 0.15) is 17.0 Å². The molecule has 7 nitrogen and oxygen atoms in total. The zero-order valence-corrected chi connectivity index (χ0v) is 15.5. The maximum Gasteiger partial charge on any atom is 0.261 e. The second-order valence-corrected chi connectivity index (χ2v) is 6.49. The molecular weight excluding hydrogens is 387 g/mol. The lowest BCUT2D eigenvalue weighted by molar-refractivity contribution is 0.0996. The number of nitrogens with zero attached hydrogens (tertiary/aromatic N) is 2. The largest absolute Gasteiger partial charge is 0.366 e. The number of fused-ring (bicyclic) bond motifs is 1. The number of hydrogen-bond acceptors (Lipinski definition) is 4. The van der Waals surface area contributed by atoms with Gasteiger partial charge in [-0.1, -0.05) is 6.07 Å². The fourth-order valence-corrected chi connectivity index (χ4v) is 3.07. The molecule has 4 rings (SSSR count). The number of benzene rings is 2. The summed E-state index contributed by atoms with van der Waals surface area (Å²) >= 11 is 0. The quantitative estimate of drug-likeness (QED) is 0.547. The number of carbonyl (C=O) groups is 2. The summed E-state index contributed by atoms with van der Waals surface area (Å²) in [4.78, 5) is 41.4. The summed E-state index contributed by atoms with van der Waals surface area (Å²) in [6.45, 7) is 0. The molecule has 0 aliphatic rings. The minimum atomic E-state index is -0.664. The highest BCUT2D eigenvalue weighted by atomic mass is 19.1. The number of carbonyl (C=O) groups excluding carboxylic acids is 2. The van der Waals surface area contributed by atoms with Crippen LogP contribution in [0.4, 0.5) is 10.1 Å². The molecule has 0 aliphatic carbocycles. The van der Waals surface area contributed by atoms with E-state index in [0.717, 1.165) is 0 Å². The zero-order chi connectivity index (χ0) is 21.3. The van der Waals surface area contributed by atoms with Gasteiger partial charge in [-0.2, -0.15) is 0 Å². The number of pyridine rings is 2. The number of amides is 2. The van der Waals surface area contributed by atoms with E-state index in [-0.39, 0.29) is 16.5 Å². The summed E-state index contributed by atoms with van der Waals surface area (Å²) in [6.07, 6.45) is 2.88. The van der Waals surface area contributed by atoms with Crippen molar-refractivity contribution >= 4 is 28.5 Å². The molecule has 2 amide bonds. The van der Waals surface area contributed by atoms with E-state index in [1.165, 1.54) is 48.8 Å². The van der Waals surface area contributed by atoms with Gasteiger partial charge in [-0.15, -0.1) is 0 Å². The van der Waals surface area contributed by atoms with Crippen molar-refractivity contribution in [1.82, 2.24) is 9.55 Å². The van der Waals surface area contributed by atoms with E-state index in [0.29, 0.717) is 17.0 Å². The third-order valence-corrected chi connectivity index (χ3v) is 4.52. The van der Waals surface area contributed by atoms with Crippen LogP contribution in [0.1, 0.15) is 20.7 Å². The van der Waals surface area contributed by atoms with E-state index in [9.17, 15) is 18.8 Å². The van der Waals surface area contributed by atoms with Gasteiger partial charge in [0.05, 0.1) is 5.39 Å². The average molecular weight is 402 g/mol. The Kier molecular flexibility index (Phi) is 4.81. The van der Waals surface area contributed by atoms with Crippen molar-refractivity contribution in [3.63, 3.8) is 0 Å². The SMILES string of the molecule is NC(=O)c1cccc(NC(=O)c2cn(-c3ccc(F)cc3)c3ncccc3c2=O)c1. The van der Waals surface area contributed by atoms with E-state index in [1.54, 1.807) is 28.8 Å². The minimum absolute atomic E-state index is 0.135. The fourth-order valence-electron chi connectivity index (χ4n) is 3.07. The predicted molar refractivity (Wildman–Crippen MR) is 110 cm³/mol. The summed E-state index contributed by atoms with van der Waals surface area (Å²) in [5.41, 5.74) is 6.04. The number of nitrogens with two attached hydrogens (primary N) is 1. The molecule has 0 saturated carbocycles. The summed E-state index contributed by atoms with van der Waals surface area (Å²) < 4.78 is 14.9. The molecule has 3 N–H and O–H groups in total. The van der Waals surface area contributed by atoms with Crippen LogP contribution in [-0.4, -0.2) is 21.4 Å². The van der Waals surface area contributed by atoms with Gasteiger partial charge in [-0.25, -0.2) is 9.37 Å². The summed E-state index contributed by atoms with van der Waals surface area (Å²) in [5, 5.41) is 2.84. The Bertz CT molecular complexity index is 1350.